The van der Waals surface area contributed by atoms with Gasteiger partial charge < -0.3 is 4.74 Å². The van der Waals surface area contributed by atoms with Gasteiger partial charge in [0.2, 0.25) is 0 Å². The number of hydrogen-bond acceptors (Lipinski definition) is 6. The zero-order valence-corrected chi connectivity index (χ0v) is 14.8. The molecule has 1 aromatic carbocycles. The molecule has 0 bridgehead atoms. The van der Waals surface area contributed by atoms with Gasteiger partial charge in [0.15, 0.2) is 11.3 Å². The van der Waals surface area contributed by atoms with E-state index in [9.17, 15) is 13.2 Å². The van der Waals surface area contributed by atoms with E-state index in [1.165, 1.54) is 31.6 Å². The second kappa shape index (κ2) is 5.89. The number of carbonyl (C=O) groups is 1. The Morgan fingerprint density at radius 2 is 1.96 bits per heavy atom. The lowest BCUT2D eigenvalue weighted by atomic mass is 10.4. The molecule has 0 saturated heterocycles. The van der Waals surface area contributed by atoms with E-state index in [1.54, 1.807) is 18.2 Å². The maximum Gasteiger partial charge on any atom is 0.358 e. The third-order valence-electron chi connectivity index (χ3n) is 3.11. The van der Waals surface area contributed by atoms with Crippen LogP contribution in [0.5, 0.6) is 0 Å². The molecule has 7 nitrogen and oxygen atoms in total. The van der Waals surface area contributed by atoms with Crippen molar-refractivity contribution in [2.24, 2.45) is 0 Å². The summed E-state index contributed by atoms with van der Waals surface area (Å²) in [5, 5.41) is 0. The molecule has 2 heterocycles. The van der Waals surface area contributed by atoms with E-state index < -0.39 is 16.0 Å². The van der Waals surface area contributed by atoms with Gasteiger partial charge in [0.25, 0.3) is 10.0 Å². The zero-order chi connectivity index (χ0) is 16.6. The van der Waals surface area contributed by atoms with E-state index in [4.69, 9.17) is 0 Å². The first-order valence-corrected chi connectivity index (χ1v) is 8.89. The highest BCUT2D eigenvalue weighted by molar-refractivity contribution is 14.1. The monoisotopic (exact) mass is 443 g/mol. The lowest BCUT2D eigenvalue weighted by Crippen LogP contribution is -2.13. The van der Waals surface area contributed by atoms with Gasteiger partial charge in [-0.3, -0.25) is 0 Å². The van der Waals surface area contributed by atoms with Crippen LogP contribution in [0.15, 0.2) is 47.6 Å². The Balaban J connectivity index is 2.22. The van der Waals surface area contributed by atoms with Crippen molar-refractivity contribution in [2.45, 2.75) is 4.90 Å². The predicted molar refractivity (Wildman–Crippen MR) is 90.6 cm³/mol. The van der Waals surface area contributed by atoms with E-state index in [0.29, 0.717) is 9.09 Å². The first kappa shape index (κ1) is 15.9. The molecular formula is C14H10IN3O4S. The number of esters is 1. The Labute approximate surface area is 145 Å². The Morgan fingerprint density at radius 3 is 2.61 bits per heavy atom. The molecule has 0 N–H and O–H groups in total. The Kier molecular flexibility index (Phi) is 4.06. The molecule has 118 valence electrons. The minimum absolute atomic E-state index is 0.0211. The molecule has 0 aliphatic carbocycles. The van der Waals surface area contributed by atoms with E-state index in [2.05, 4.69) is 14.7 Å². The summed E-state index contributed by atoms with van der Waals surface area (Å²) < 4.78 is 31.7. The fraction of sp³-hybridized carbons (Fsp3) is 0.0714. The summed E-state index contributed by atoms with van der Waals surface area (Å²) in [7, 11) is -2.55. The van der Waals surface area contributed by atoms with E-state index >= 15 is 0 Å². The Morgan fingerprint density at radius 1 is 1.26 bits per heavy atom. The molecule has 0 fully saturated rings. The van der Waals surface area contributed by atoms with Crippen LogP contribution >= 0.6 is 22.6 Å². The SMILES string of the molecule is COC(=O)c1cnc2c(n1)c(I)cn2S(=O)(=O)c1ccccc1. The summed E-state index contributed by atoms with van der Waals surface area (Å²) >= 11 is 1.95. The van der Waals surface area contributed by atoms with E-state index in [0.717, 1.165) is 3.97 Å². The lowest BCUT2D eigenvalue weighted by Gasteiger charge is -2.06. The fourth-order valence-electron chi connectivity index (χ4n) is 2.02. The first-order valence-electron chi connectivity index (χ1n) is 6.37. The van der Waals surface area contributed by atoms with Crippen LogP contribution in [0.1, 0.15) is 10.5 Å². The van der Waals surface area contributed by atoms with Gasteiger partial charge in [-0.1, -0.05) is 18.2 Å². The molecule has 0 aliphatic rings. The van der Waals surface area contributed by atoms with Crippen LogP contribution in [0, 0.1) is 3.57 Å². The Bertz CT molecular complexity index is 1000. The topological polar surface area (TPSA) is 91.2 Å². The van der Waals surface area contributed by atoms with E-state index in [-0.39, 0.29) is 16.2 Å². The van der Waals surface area contributed by atoms with Gasteiger partial charge >= 0.3 is 5.97 Å². The van der Waals surface area contributed by atoms with Crippen LogP contribution < -0.4 is 0 Å². The number of methoxy groups -OCH3 is 1. The van der Waals surface area contributed by atoms with Crippen LogP contribution in [-0.2, 0) is 14.8 Å². The van der Waals surface area contributed by atoms with Crippen LogP contribution in [0.2, 0.25) is 0 Å². The lowest BCUT2D eigenvalue weighted by molar-refractivity contribution is 0.0594. The Hall–Kier alpha value is -2.01. The third-order valence-corrected chi connectivity index (χ3v) is 5.57. The molecule has 3 rings (SSSR count). The number of fused-ring (bicyclic) bond motifs is 1. The van der Waals surface area contributed by atoms with Gasteiger partial charge in [0, 0.05) is 6.20 Å². The van der Waals surface area contributed by atoms with Crippen molar-refractivity contribution < 1.29 is 17.9 Å². The zero-order valence-electron chi connectivity index (χ0n) is 11.8. The molecule has 23 heavy (non-hydrogen) atoms. The number of halogens is 1. The van der Waals surface area contributed by atoms with Crippen molar-refractivity contribution in [1.29, 1.82) is 0 Å². The summed E-state index contributed by atoms with van der Waals surface area (Å²) in [5.41, 5.74) is 0.506. The number of aromatic nitrogens is 3. The normalized spacial score (nSPS) is 11.6. The molecule has 9 heteroatoms. The molecule has 0 amide bonds. The molecule has 0 aliphatic heterocycles. The number of rotatable bonds is 3. The second-order valence-corrected chi connectivity index (χ2v) is 7.49. The molecule has 0 spiro atoms. The van der Waals surface area contributed by atoms with E-state index in [1.807, 2.05) is 22.6 Å². The van der Waals surface area contributed by atoms with Gasteiger partial charge in [-0.25, -0.2) is 27.2 Å². The number of ether oxygens (including phenoxy) is 1. The van der Waals surface area contributed by atoms with Gasteiger partial charge in [-0.05, 0) is 34.7 Å². The minimum Gasteiger partial charge on any atom is -0.464 e. The average molecular weight is 443 g/mol. The van der Waals surface area contributed by atoms with Crippen molar-refractivity contribution in [1.82, 2.24) is 13.9 Å². The predicted octanol–water partition coefficient (Wildman–Crippen LogP) is 2.06. The quantitative estimate of drug-likeness (QED) is 0.455. The van der Waals surface area contributed by atoms with Crippen LogP contribution in [-0.4, -0.2) is 35.4 Å². The van der Waals surface area contributed by atoms with Crippen molar-refractivity contribution in [3.63, 3.8) is 0 Å². The first-order chi connectivity index (χ1) is 10.9. The number of carbonyl (C=O) groups excluding carboxylic acids is 1. The highest BCUT2D eigenvalue weighted by Gasteiger charge is 2.23. The summed E-state index contributed by atoms with van der Waals surface area (Å²) in [4.78, 5) is 19.9. The molecule has 0 radical (unpaired) electrons. The summed E-state index contributed by atoms with van der Waals surface area (Å²) in [6.45, 7) is 0. The van der Waals surface area contributed by atoms with Gasteiger partial charge in [0.1, 0.15) is 5.52 Å². The molecule has 2 aromatic heterocycles. The number of nitrogens with zero attached hydrogens (tertiary/aromatic N) is 3. The largest absolute Gasteiger partial charge is 0.464 e. The fourth-order valence-corrected chi connectivity index (χ4v) is 4.18. The standard InChI is InChI=1S/C14H10IN3O4S/c1-22-14(19)11-7-16-13-12(17-11)10(15)8-18(13)23(20,21)9-5-3-2-4-6-9/h2-8H,1H3. The second-order valence-electron chi connectivity index (χ2n) is 4.51. The molecule has 0 atom stereocenters. The van der Waals surface area contributed by atoms with Crippen molar-refractivity contribution in [3.8, 4) is 0 Å². The molecule has 0 unspecified atom stereocenters. The maximum absolute atomic E-state index is 12.7. The number of benzene rings is 1. The van der Waals surface area contributed by atoms with Crippen molar-refractivity contribution in [3.05, 3.63) is 52.0 Å². The number of hydrogen-bond donors (Lipinski definition) is 0. The molecule has 0 saturated carbocycles. The average Bonchev–Trinajstić information content (AvgIpc) is 2.92. The highest BCUT2D eigenvalue weighted by Crippen LogP contribution is 2.24. The summed E-state index contributed by atoms with van der Waals surface area (Å²) in [6, 6.07) is 8.03. The third kappa shape index (κ3) is 2.70. The maximum atomic E-state index is 12.7. The molecular weight excluding hydrogens is 433 g/mol. The minimum atomic E-state index is -3.79. The van der Waals surface area contributed by atoms with Crippen LogP contribution in [0.4, 0.5) is 0 Å². The van der Waals surface area contributed by atoms with Gasteiger partial charge in [-0.2, -0.15) is 0 Å². The van der Waals surface area contributed by atoms with Crippen LogP contribution in [0.3, 0.4) is 0 Å². The summed E-state index contributed by atoms with van der Waals surface area (Å²) in [5.74, 6) is -0.631. The smallest absolute Gasteiger partial charge is 0.358 e. The van der Waals surface area contributed by atoms with Crippen molar-refractivity contribution >= 4 is 49.7 Å². The van der Waals surface area contributed by atoms with Crippen molar-refractivity contribution in [2.75, 3.05) is 7.11 Å². The summed E-state index contributed by atoms with van der Waals surface area (Å²) in [6.07, 6.45) is 2.62. The highest BCUT2D eigenvalue weighted by atomic mass is 127. The van der Waals surface area contributed by atoms with Gasteiger partial charge in [0.05, 0.1) is 21.8 Å². The van der Waals surface area contributed by atoms with Gasteiger partial charge in [-0.15, -0.1) is 0 Å². The van der Waals surface area contributed by atoms with Crippen LogP contribution in [0.25, 0.3) is 11.2 Å². The molecule has 3 aromatic rings.